The van der Waals surface area contributed by atoms with Gasteiger partial charge in [0, 0.05) is 0 Å². The third kappa shape index (κ3) is 4.61. The highest BCUT2D eigenvalue weighted by Gasteiger charge is 2.08. The monoisotopic (exact) mass is 284 g/mol. The van der Waals surface area contributed by atoms with Crippen molar-refractivity contribution in [1.82, 2.24) is 0 Å². The van der Waals surface area contributed by atoms with Crippen molar-refractivity contribution in [1.29, 1.82) is 0 Å². The van der Waals surface area contributed by atoms with Crippen molar-refractivity contribution >= 4 is 17.3 Å². The number of benzene rings is 2. The fraction of sp³-hybridized carbons (Fsp3) is 0.235. The molecule has 0 bridgehead atoms. The minimum atomic E-state index is -0.104. The summed E-state index contributed by atoms with van der Waals surface area (Å²) in [4.78, 5) is 11.8. The molecule has 3 N–H and O–H groups in total. The van der Waals surface area contributed by atoms with E-state index in [1.165, 1.54) is 0 Å². The first-order chi connectivity index (χ1) is 10.2. The number of amides is 1. The lowest BCUT2D eigenvalue weighted by molar-refractivity contribution is -0.117. The molecule has 0 aliphatic rings. The van der Waals surface area contributed by atoms with Crippen LogP contribution in [0.3, 0.4) is 0 Å². The molecule has 4 heteroatoms. The zero-order valence-corrected chi connectivity index (χ0v) is 12.1. The number of ether oxygens (including phenoxy) is 1. The quantitative estimate of drug-likeness (QED) is 0.799. The van der Waals surface area contributed by atoms with Gasteiger partial charge in [-0.2, -0.15) is 0 Å². The zero-order valence-electron chi connectivity index (χ0n) is 12.1. The summed E-state index contributed by atoms with van der Waals surface area (Å²) < 4.78 is 5.67. The van der Waals surface area contributed by atoms with Crippen molar-refractivity contribution in [3.8, 4) is 0 Å². The van der Waals surface area contributed by atoms with E-state index in [9.17, 15) is 4.79 Å². The SMILES string of the molecule is CC(OCCC(=O)Nc1ccccc1N)c1ccccc1. The Labute approximate surface area is 124 Å². The number of anilines is 2. The highest BCUT2D eigenvalue weighted by Crippen LogP contribution is 2.18. The second kappa shape index (κ2) is 7.45. The summed E-state index contributed by atoms with van der Waals surface area (Å²) in [7, 11) is 0. The van der Waals surface area contributed by atoms with Gasteiger partial charge in [-0.25, -0.2) is 0 Å². The Morgan fingerprint density at radius 2 is 1.81 bits per heavy atom. The van der Waals surface area contributed by atoms with Crippen LogP contribution in [0.1, 0.15) is 25.0 Å². The van der Waals surface area contributed by atoms with Crippen LogP contribution < -0.4 is 11.1 Å². The number of hydrogen-bond acceptors (Lipinski definition) is 3. The van der Waals surface area contributed by atoms with Crippen molar-refractivity contribution < 1.29 is 9.53 Å². The van der Waals surface area contributed by atoms with Crippen LogP contribution >= 0.6 is 0 Å². The number of hydrogen-bond donors (Lipinski definition) is 2. The Morgan fingerprint density at radius 3 is 2.52 bits per heavy atom. The minimum Gasteiger partial charge on any atom is -0.397 e. The van der Waals surface area contributed by atoms with Crippen LogP contribution in [0.5, 0.6) is 0 Å². The normalized spacial score (nSPS) is 11.9. The van der Waals surface area contributed by atoms with Crippen LogP contribution in [0.2, 0.25) is 0 Å². The predicted octanol–water partition coefficient (Wildman–Crippen LogP) is 3.38. The summed E-state index contributed by atoms with van der Waals surface area (Å²) >= 11 is 0. The molecule has 0 saturated carbocycles. The largest absolute Gasteiger partial charge is 0.397 e. The summed E-state index contributed by atoms with van der Waals surface area (Å²) in [5.41, 5.74) is 8.08. The summed E-state index contributed by atoms with van der Waals surface area (Å²) in [6.45, 7) is 2.34. The van der Waals surface area contributed by atoms with Gasteiger partial charge >= 0.3 is 0 Å². The van der Waals surface area contributed by atoms with Gasteiger partial charge in [0.15, 0.2) is 0 Å². The summed E-state index contributed by atoms with van der Waals surface area (Å²) in [5, 5.41) is 2.78. The second-order valence-corrected chi connectivity index (χ2v) is 4.81. The van der Waals surface area contributed by atoms with Crippen LogP contribution in [0.15, 0.2) is 54.6 Å². The molecule has 1 unspecified atom stereocenters. The average Bonchev–Trinajstić information content (AvgIpc) is 2.50. The van der Waals surface area contributed by atoms with Crippen LogP contribution in [-0.2, 0) is 9.53 Å². The maximum absolute atomic E-state index is 11.8. The standard InChI is InChI=1S/C17H20N2O2/c1-13(14-7-3-2-4-8-14)21-12-11-17(20)19-16-10-6-5-9-15(16)18/h2-10,13H,11-12,18H2,1H3,(H,19,20). The molecular formula is C17H20N2O2. The van der Waals surface area contributed by atoms with Gasteiger partial charge in [-0.05, 0) is 24.6 Å². The number of nitrogen functional groups attached to an aromatic ring is 1. The molecule has 0 aliphatic carbocycles. The molecule has 2 aromatic carbocycles. The molecular weight excluding hydrogens is 264 g/mol. The third-order valence-corrected chi connectivity index (χ3v) is 3.20. The van der Waals surface area contributed by atoms with E-state index in [1.54, 1.807) is 12.1 Å². The smallest absolute Gasteiger partial charge is 0.226 e. The first-order valence-corrected chi connectivity index (χ1v) is 6.97. The molecule has 110 valence electrons. The van der Waals surface area contributed by atoms with E-state index in [-0.39, 0.29) is 12.0 Å². The molecule has 0 heterocycles. The number of carbonyl (C=O) groups excluding carboxylic acids is 1. The predicted molar refractivity (Wildman–Crippen MR) is 84.9 cm³/mol. The summed E-state index contributed by atoms with van der Waals surface area (Å²) in [6.07, 6.45) is 0.270. The van der Waals surface area contributed by atoms with E-state index in [4.69, 9.17) is 10.5 Å². The highest BCUT2D eigenvalue weighted by atomic mass is 16.5. The van der Waals surface area contributed by atoms with Crippen LogP contribution in [0, 0.1) is 0 Å². The van der Waals surface area contributed by atoms with Crippen LogP contribution in [-0.4, -0.2) is 12.5 Å². The topological polar surface area (TPSA) is 64.3 Å². The zero-order chi connectivity index (χ0) is 15.1. The molecule has 0 spiro atoms. The molecule has 1 amide bonds. The average molecular weight is 284 g/mol. The van der Waals surface area contributed by atoms with Gasteiger partial charge < -0.3 is 15.8 Å². The summed E-state index contributed by atoms with van der Waals surface area (Å²) in [6, 6.07) is 17.1. The van der Waals surface area contributed by atoms with Crippen molar-refractivity contribution in [2.45, 2.75) is 19.4 Å². The maximum atomic E-state index is 11.8. The van der Waals surface area contributed by atoms with E-state index >= 15 is 0 Å². The Kier molecular flexibility index (Phi) is 5.35. The Balaban J connectivity index is 1.76. The molecule has 0 saturated heterocycles. The molecule has 2 aromatic rings. The molecule has 1 atom stereocenters. The van der Waals surface area contributed by atoms with E-state index in [1.807, 2.05) is 49.4 Å². The number of rotatable bonds is 6. The first-order valence-electron chi connectivity index (χ1n) is 6.97. The Bertz CT molecular complexity index is 584. The fourth-order valence-corrected chi connectivity index (χ4v) is 1.97. The highest BCUT2D eigenvalue weighted by molar-refractivity contribution is 5.93. The molecule has 0 aliphatic heterocycles. The second-order valence-electron chi connectivity index (χ2n) is 4.81. The van der Waals surface area contributed by atoms with Gasteiger partial charge in [-0.1, -0.05) is 42.5 Å². The molecule has 0 radical (unpaired) electrons. The maximum Gasteiger partial charge on any atom is 0.226 e. The summed E-state index contributed by atoms with van der Waals surface area (Å²) in [5.74, 6) is -0.104. The van der Waals surface area contributed by atoms with E-state index in [0.717, 1.165) is 5.56 Å². The van der Waals surface area contributed by atoms with Gasteiger partial charge in [-0.3, -0.25) is 4.79 Å². The molecule has 0 fully saturated rings. The minimum absolute atomic E-state index is 0.0270. The molecule has 0 aromatic heterocycles. The van der Waals surface area contributed by atoms with Gasteiger partial charge in [-0.15, -0.1) is 0 Å². The van der Waals surface area contributed by atoms with Crippen LogP contribution in [0.25, 0.3) is 0 Å². The third-order valence-electron chi connectivity index (χ3n) is 3.20. The van der Waals surface area contributed by atoms with E-state index < -0.39 is 0 Å². The van der Waals surface area contributed by atoms with Gasteiger partial charge in [0.2, 0.25) is 5.91 Å². The van der Waals surface area contributed by atoms with Crippen molar-refractivity contribution in [3.63, 3.8) is 0 Å². The first kappa shape index (κ1) is 15.1. The van der Waals surface area contributed by atoms with Gasteiger partial charge in [0.1, 0.15) is 0 Å². The molecule has 21 heavy (non-hydrogen) atoms. The lowest BCUT2D eigenvalue weighted by Crippen LogP contribution is -2.15. The van der Waals surface area contributed by atoms with Crippen molar-refractivity contribution in [2.75, 3.05) is 17.7 Å². The number of nitrogens with one attached hydrogen (secondary N) is 1. The number of nitrogens with two attached hydrogens (primary N) is 1. The van der Waals surface area contributed by atoms with Crippen molar-refractivity contribution in [2.24, 2.45) is 0 Å². The van der Waals surface area contributed by atoms with E-state index in [0.29, 0.717) is 24.4 Å². The Hall–Kier alpha value is -2.33. The van der Waals surface area contributed by atoms with Gasteiger partial charge in [0.05, 0.1) is 30.5 Å². The van der Waals surface area contributed by atoms with Crippen LogP contribution in [0.4, 0.5) is 11.4 Å². The van der Waals surface area contributed by atoms with Crippen molar-refractivity contribution in [3.05, 3.63) is 60.2 Å². The van der Waals surface area contributed by atoms with Gasteiger partial charge in [0.25, 0.3) is 0 Å². The lowest BCUT2D eigenvalue weighted by Gasteiger charge is -2.13. The molecule has 2 rings (SSSR count). The lowest BCUT2D eigenvalue weighted by atomic mass is 10.1. The Morgan fingerprint density at radius 1 is 1.14 bits per heavy atom. The fourth-order valence-electron chi connectivity index (χ4n) is 1.97. The van der Waals surface area contributed by atoms with E-state index in [2.05, 4.69) is 5.32 Å². The number of carbonyl (C=O) groups is 1. The number of para-hydroxylation sites is 2. The molecule has 4 nitrogen and oxygen atoms in total.